The van der Waals surface area contributed by atoms with Crippen molar-refractivity contribution in [3.63, 3.8) is 0 Å². The Morgan fingerprint density at radius 1 is 1.41 bits per heavy atom. The normalized spacial score (nSPS) is 16.8. The number of guanidine groups is 1. The molecule has 148 valence electrons. The van der Waals surface area contributed by atoms with Crippen LogP contribution in [-0.4, -0.2) is 60.2 Å². The standard InChI is InChI=1S/C18H26N6O2.HI/c1-19-18(21-6-3-10-26-16-5-11-25-14-16)22-13-15-4-8-20-17(12-15)24-9-2-7-23-24;/h2,4,7-9,12,16H,3,5-6,10-11,13-14H2,1H3,(H2,19,21,22);1H. The Hall–Kier alpha value is -1.72. The second-order valence-electron chi connectivity index (χ2n) is 6.04. The summed E-state index contributed by atoms with van der Waals surface area (Å²) in [6.45, 7) is 3.74. The number of aliphatic imine (C=N–C) groups is 1. The topological polar surface area (TPSA) is 85.6 Å². The molecule has 0 amide bonds. The molecule has 0 saturated carbocycles. The molecular formula is C18H27IN6O2. The van der Waals surface area contributed by atoms with Gasteiger partial charge in [-0.1, -0.05) is 0 Å². The summed E-state index contributed by atoms with van der Waals surface area (Å²) in [6.07, 6.45) is 7.60. The van der Waals surface area contributed by atoms with Crippen LogP contribution in [0.4, 0.5) is 0 Å². The van der Waals surface area contributed by atoms with Crippen LogP contribution in [0.3, 0.4) is 0 Å². The van der Waals surface area contributed by atoms with Gasteiger partial charge in [0.05, 0.1) is 12.7 Å². The van der Waals surface area contributed by atoms with Crippen LogP contribution in [0.15, 0.2) is 41.8 Å². The molecule has 0 bridgehead atoms. The van der Waals surface area contributed by atoms with Gasteiger partial charge in [0.15, 0.2) is 11.8 Å². The van der Waals surface area contributed by atoms with E-state index in [2.05, 4.69) is 25.7 Å². The van der Waals surface area contributed by atoms with E-state index in [9.17, 15) is 0 Å². The Bertz CT molecular complexity index is 689. The fraction of sp³-hybridized carbons (Fsp3) is 0.500. The van der Waals surface area contributed by atoms with E-state index in [1.807, 2.05) is 24.4 Å². The van der Waals surface area contributed by atoms with Gasteiger partial charge in [0.1, 0.15) is 0 Å². The van der Waals surface area contributed by atoms with Crippen LogP contribution in [0, 0.1) is 0 Å². The van der Waals surface area contributed by atoms with Crippen molar-refractivity contribution < 1.29 is 9.47 Å². The monoisotopic (exact) mass is 486 g/mol. The molecule has 2 aromatic heterocycles. The molecule has 1 atom stereocenters. The van der Waals surface area contributed by atoms with Gasteiger partial charge in [-0.2, -0.15) is 5.10 Å². The third-order valence-electron chi connectivity index (χ3n) is 4.09. The third-order valence-corrected chi connectivity index (χ3v) is 4.09. The first-order valence-corrected chi connectivity index (χ1v) is 8.94. The first-order valence-electron chi connectivity index (χ1n) is 8.94. The van der Waals surface area contributed by atoms with Crippen molar-refractivity contribution in [2.75, 3.05) is 33.4 Å². The molecule has 0 spiro atoms. The van der Waals surface area contributed by atoms with E-state index in [-0.39, 0.29) is 30.1 Å². The van der Waals surface area contributed by atoms with Gasteiger partial charge in [0, 0.05) is 51.9 Å². The molecule has 1 unspecified atom stereocenters. The largest absolute Gasteiger partial charge is 0.379 e. The molecule has 27 heavy (non-hydrogen) atoms. The minimum atomic E-state index is 0. The lowest BCUT2D eigenvalue weighted by molar-refractivity contribution is 0.0420. The molecule has 9 heteroatoms. The summed E-state index contributed by atoms with van der Waals surface area (Å²) < 4.78 is 12.8. The van der Waals surface area contributed by atoms with Gasteiger partial charge in [0.25, 0.3) is 0 Å². The molecule has 3 rings (SSSR count). The number of hydrogen-bond donors (Lipinski definition) is 2. The average molecular weight is 486 g/mol. The van der Waals surface area contributed by atoms with Crippen molar-refractivity contribution in [3.05, 3.63) is 42.4 Å². The number of hydrogen-bond acceptors (Lipinski definition) is 5. The average Bonchev–Trinajstić information content (AvgIpc) is 3.38. The van der Waals surface area contributed by atoms with Crippen LogP contribution in [-0.2, 0) is 16.0 Å². The van der Waals surface area contributed by atoms with Gasteiger partial charge in [-0.3, -0.25) is 4.99 Å². The quantitative estimate of drug-likeness (QED) is 0.256. The lowest BCUT2D eigenvalue weighted by Gasteiger charge is -2.13. The van der Waals surface area contributed by atoms with E-state index < -0.39 is 0 Å². The third kappa shape index (κ3) is 7.07. The lowest BCUT2D eigenvalue weighted by atomic mass is 10.2. The van der Waals surface area contributed by atoms with E-state index in [1.54, 1.807) is 24.1 Å². The van der Waals surface area contributed by atoms with Crippen LogP contribution < -0.4 is 10.6 Å². The van der Waals surface area contributed by atoms with Crippen LogP contribution in [0.2, 0.25) is 0 Å². The van der Waals surface area contributed by atoms with Gasteiger partial charge in [-0.25, -0.2) is 9.67 Å². The van der Waals surface area contributed by atoms with Crippen molar-refractivity contribution in [1.29, 1.82) is 0 Å². The fourth-order valence-electron chi connectivity index (χ4n) is 2.68. The molecule has 3 heterocycles. The number of halogens is 1. The summed E-state index contributed by atoms with van der Waals surface area (Å²) >= 11 is 0. The molecule has 8 nitrogen and oxygen atoms in total. The SMILES string of the molecule is CN=C(NCCCOC1CCOC1)NCc1ccnc(-n2cccn2)c1.I. The highest BCUT2D eigenvalue weighted by molar-refractivity contribution is 14.0. The molecule has 0 aromatic carbocycles. The maximum Gasteiger partial charge on any atom is 0.191 e. The number of nitrogens with zero attached hydrogens (tertiary/aromatic N) is 4. The zero-order valence-electron chi connectivity index (χ0n) is 15.5. The Labute approximate surface area is 176 Å². The molecule has 2 aromatic rings. The second-order valence-corrected chi connectivity index (χ2v) is 6.04. The van der Waals surface area contributed by atoms with Crippen molar-refractivity contribution >= 4 is 29.9 Å². The summed E-state index contributed by atoms with van der Waals surface area (Å²) in [5.41, 5.74) is 1.11. The van der Waals surface area contributed by atoms with E-state index in [4.69, 9.17) is 9.47 Å². The zero-order valence-corrected chi connectivity index (χ0v) is 17.8. The van der Waals surface area contributed by atoms with Crippen molar-refractivity contribution in [2.45, 2.75) is 25.5 Å². The van der Waals surface area contributed by atoms with E-state index in [0.29, 0.717) is 6.54 Å². The summed E-state index contributed by atoms with van der Waals surface area (Å²) in [6, 6.07) is 5.86. The highest BCUT2D eigenvalue weighted by atomic mass is 127. The van der Waals surface area contributed by atoms with Crippen LogP contribution >= 0.6 is 24.0 Å². The highest BCUT2D eigenvalue weighted by Crippen LogP contribution is 2.08. The number of rotatable bonds is 8. The van der Waals surface area contributed by atoms with Crippen molar-refractivity contribution in [3.8, 4) is 5.82 Å². The number of aromatic nitrogens is 3. The number of ether oxygens (including phenoxy) is 2. The minimum absolute atomic E-state index is 0. The van der Waals surface area contributed by atoms with Crippen LogP contribution in [0.1, 0.15) is 18.4 Å². The maximum atomic E-state index is 5.76. The molecule has 1 aliphatic heterocycles. The molecule has 2 N–H and O–H groups in total. The molecule has 1 saturated heterocycles. The summed E-state index contributed by atoms with van der Waals surface area (Å²) in [5, 5.41) is 10.8. The van der Waals surface area contributed by atoms with E-state index in [0.717, 1.165) is 56.5 Å². The van der Waals surface area contributed by atoms with Gasteiger partial charge >= 0.3 is 0 Å². The minimum Gasteiger partial charge on any atom is -0.379 e. The summed E-state index contributed by atoms with van der Waals surface area (Å²) in [7, 11) is 1.77. The molecule has 1 aliphatic rings. The molecular weight excluding hydrogens is 459 g/mol. The Morgan fingerprint density at radius 3 is 3.07 bits per heavy atom. The summed E-state index contributed by atoms with van der Waals surface area (Å²) in [5.74, 6) is 1.57. The molecule has 0 aliphatic carbocycles. The predicted octanol–water partition coefficient (Wildman–Crippen LogP) is 1.75. The fourth-order valence-corrected chi connectivity index (χ4v) is 2.68. The number of nitrogens with one attached hydrogen (secondary N) is 2. The summed E-state index contributed by atoms with van der Waals surface area (Å²) in [4.78, 5) is 8.59. The van der Waals surface area contributed by atoms with E-state index >= 15 is 0 Å². The van der Waals surface area contributed by atoms with Gasteiger partial charge in [-0.05, 0) is 36.6 Å². The highest BCUT2D eigenvalue weighted by Gasteiger charge is 2.15. The molecule has 0 radical (unpaired) electrons. The Kier molecular flexibility index (Phi) is 9.50. The number of pyridine rings is 1. The van der Waals surface area contributed by atoms with Crippen LogP contribution in [0.25, 0.3) is 5.82 Å². The first kappa shape index (κ1) is 21.6. The Morgan fingerprint density at radius 2 is 2.33 bits per heavy atom. The predicted molar refractivity (Wildman–Crippen MR) is 115 cm³/mol. The Balaban J connectivity index is 0.00000261. The van der Waals surface area contributed by atoms with Crippen molar-refractivity contribution in [1.82, 2.24) is 25.4 Å². The maximum absolute atomic E-state index is 5.76. The van der Waals surface area contributed by atoms with E-state index in [1.165, 1.54) is 0 Å². The molecule has 1 fully saturated rings. The zero-order chi connectivity index (χ0) is 18.0. The first-order chi connectivity index (χ1) is 12.8. The smallest absolute Gasteiger partial charge is 0.191 e. The van der Waals surface area contributed by atoms with Gasteiger partial charge in [-0.15, -0.1) is 24.0 Å². The van der Waals surface area contributed by atoms with Gasteiger partial charge in [0.2, 0.25) is 0 Å². The van der Waals surface area contributed by atoms with Crippen LogP contribution in [0.5, 0.6) is 0 Å². The second kappa shape index (κ2) is 11.9. The van der Waals surface area contributed by atoms with Crippen molar-refractivity contribution in [2.24, 2.45) is 4.99 Å². The van der Waals surface area contributed by atoms with Gasteiger partial charge < -0.3 is 20.1 Å². The lowest BCUT2D eigenvalue weighted by Crippen LogP contribution is -2.37.